The number of nitrogens with two attached hydrogens (primary N) is 1. The molecule has 1 amide bonds. The first-order chi connectivity index (χ1) is 20.0. The molecule has 2 saturated heterocycles. The van der Waals surface area contributed by atoms with Gasteiger partial charge in [0.1, 0.15) is 17.5 Å². The van der Waals surface area contributed by atoms with Crippen LogP contribution in [0.2, 0.25) is 0 Å². The highest BCUT2D eigenvalue weighted by Gasteiger charge is 2.37. The third-order valence-corrected chi connectivity index (χ3v) is 8.21. The maximum absolute atomic E-state index is 13.4. The van der Waals surface area contributed by atoms with Crippen LogP contribution < -0.4 is 5.73 Å². The van der Waals surface area contributed by atoms with E-state index in [4.69, 9.17) is 10.5 Å². The Balaban J connectivity index is 1.30. The van der Waals surface area contributed by atoms with Crippen molar-refractivity contribution in [1.29, 1.82) is 0 Å². The number of fused-ring (bicyclic) bond motifs is 1. The molecular weight excluding hydrogens is 522 g/mol. The predicted octanol–water partition coefficient (Wildman–Crippen LogP) is 2.88. The maximum atomic E-state index is 13.4. The van der Waals surface area contributed by atoms with E-state index in [2.05, 4.69) is 37.1 Å². The zero-order valence-corrected chi connectivity index (χ0v) is 22.7. The van der Waals surface area contributed by atoms with Crippen LogP contribution in [0.1, 0.15) is 47.4 Å². The molecule has 0 radical (unpaired) electrons. The first-order valence-electron chi connectivity index (χ1n) is 13.8. The Morgan fingerprint density at radius 2 is 1.88 bits per heavy atom. The number of carbonyl (C=O) groups excluding carboxylic acids is 1. The molecule has 0 spiro atoms. The molecule has 12 heteroatoms. The lowest BCUT2D eigenvalue weighted by atomic mass is 9.99. The third-order valence-electron chi connectivity index (χ3n) is 8.21. The Hall–Kier alpha value is -4.55. The monoisotopic (exact) mass is 553 g/mol. The smallest absolute Gasteiger partial charge is 0.272 e. The fourth-order valence-electron chi connectivity index (χ4n) is 6.21. The number of amides is 1. The third kappa shape index (κ3) is 4.35. The van der Waals surface area contributed by atoms with E-state index in [1.165, 1.54) is 6.33 Å². The van der Waals surface area contributed by atoms with Crippen molar-refractivity contribution >= 4 is 17.2 Å². The van der Waals surface area contributed by atoms with Crippen molar-refractivity contribution in [3.63, 3.8) is 0 Å². The summed E-state index contributed by atoms with van der Waals surface area (Å²) in [6.45, 7) is 1.68. The number of benzene rings is 1. The van der Waals surface area contributed by atoms with Crippen LogP contribution in [0.15, 0.2) is 61.2 Å². The molecule has 0 unspecified atom stereocenters. The molecule has 2 aliphatic heterocycles. The van der Waals surface area contributed by atoms with Crippen molar-refractivity contribution in [3.8, 4) is 22.5 Å². The number of rotatable bonds is 5. The van der Waals surface area contributed by atoms with E-state index in [1.807, 2.05) is 35.0 Å². The van der Waals surface area contributed by atoms with Crippen molar-refractivity contribution in [2.75, 3.05) is 25.5 Å². The lowest BCUT2D eigenvalue weighted by Gasteiger charge is -2.25. The lowest BCUT2D eigenvalue weighted by molar-refractivity contribution is 0.0667. The average molecular weight is 554 g/mol. The summed E-state index contributed by atoms with van der Waals surface area (Å²) >= 11 is 0. The van der Waals surface area contributed by atoms with Gasteiger partial charge < -0.3 is 20.5 Å². The molecule has 5 aromatic rings. The normalized spacial score (nSPS) is 19.8. The number of nitrogens with zero attached hydrogens (tertiary/aromatic N) is 8. The molecule has 0 bridgehead atoms. The lowest BCUT2D eigenvalue weighted by Crippen LogP contribution is -2.33. The number of nitrogen functional groups attached to an aromatic ring is 1. The molecule has 4 aromatic heterocycles. The van der Waals surface area contributed by atoms with Crippen LogP contribution in [0.4, 0.5) is 5.82 Å². The van der Waals surface area contributed by atoms with E-state index in [0.717, 1.165) is 40.9 Å². The van der Waals surface area contributed by atoms with Crippen LogP contribution >= 0.6 is 0 Å². The summed E-state index contributed by atoms with van der Waals surface area (Å²) in [6.07, 6.45) is 6.49. The second kappa shape index (κ2) is 10.1. The Morgan fingerprint density at radius 3 is 2.68 bits per heavy atom. The van der Waals surface area contributed by atoms with Gasteiger partial charge in [0.05, 0.1) is 29.6 Å². The molecule has 6 heterocycles. The van der Waals surface area contributed by atoms with Gasteiger partial charge in [0.2, 0.25) is 0 Å². The number of anilines is 1. The van der Waals surface area contributed by atoms with Gasteiger partial charge in [-0.3, -0.25) is 14.2 Å². The number of aliphatic hydroxyl groups excluding tert-OH is 1. The fourth-order valence-corrected chi connectivity index (χ4v) is 6.21. The summed E-state index contributed by atoms with van der Waals surface area (Å²) in [5.74, 6) is 0.221. The van der Waals surface area contributed by atoms with E-state index in [9.17, 15) is 9.90 Å². The molecule has 210 valence electrons. The van der Waals surface area contributed by atoms with Gasteiger partial charge in [-0.1, -0.05) is 18.2 Å². The molecule has 7 rings (SSSR count). The van der Waals surface area contributed by atoms with Gasteiger partial charge >= 0.3 is 0 Å². The molecule has 12 nitrogen and oxygen atoms in total. The van der Waals surface area contributed by atoms with Crippen LogP contribution in [-0.4, -0.2) is 75.9 Å². The number of aromatic nitrogens is 7. The quantitative estimate of drug-likeness (QED) is 0.338. The Bertz CT molecular complexity index is 1730. The largest absolute Gasteiger partial charge is 0.391 e. The van der Waals surface area contributed by atoms with E-state index >= 15 is 0 Å². The highest BCUT2D eigenvalue weighted by Crippen LogP contribution is 2.39. The summed E-state index contributed by atoms with van der Waals surface area (Å²) in [7, 11) is 1.74. The second-order valence-corrected chi connectivity index (χ2v) is 10.7. The van der Waals surface area contributed by atoms with Gasteiger partial charge in [0.25, 0.3) is 5.91 Å². The summed E-state index contributed by atoms with van der Waals surface area (Å²) < 4.78 is 11.0. The minimum Gasteiger partial charge on any atom is -0.391 e. The minimum absolute atomic E-state index is 0.158. The number of hydrogen-bond acceptors (Lipinski definition) is 8. The van der Waals surface area contributed by atoms with Crippen LogP contribution in [0.3, 0.4) is 0 Å². The topological polar surface area (TPSA) is 142 Å². The average Bonchev–Trinajstić information content (AvgIpc) is 3.79. The molecule has 2 aliphatic rings. The predicted molar refractivity (Wildman–Crippen MR) is 151 cm³/mol. The van der Waals surface area contributed by atoms with E-state index < -0.39 is 6.10 Å². The number of likely N-dealkylation sites (tertiary alicyclic amines) is 1. The van der Waals surface area contributed by atoms with Gasteiger partial charge in [-0.2, -0.15) is 15.3 Å². The van der Waals surface area contributed by atoms with Gasteiger partial charge in [0.15, 0.2) is 5.82 Å². The van der Waals surface area contributed by atoms with Gasteiger partial charge in [-0.05, 0) is 49.1 Å². The molecule has 2 fully saturated rings. The summed E-state index contributed by atoms with van der Waals surface area (Å²) in [5.41, 5.74) is 12.2. The molecule has 0 saturated carbocycles. The number of aliphatic hydroxyl groups is 1. The van der Waals surface area contributed by atoms with Gasteiger partial charge in [0, 0.05) is 50.3 Å². The second-order valence-electron chi connectivity index (χ2n) is 10.7. The standard InChI is InChI=1S/C29H31N9O3/c1-35-24(6-9-32-35)29(40)36-16-21(39)14-25(36)18-3-2-4-19(13-18)26-15-22(27-28(30)31-17-34-38(26)27)23-5-10-33-37(23)20-7-11-41-12-8-20/h2-6,9-10,13,15,17,20-21,25,39H,7-8,11-12,14,16H2,1H3,(H2,30,31,34)/t21-,25+/m1/s1. The zero-order valence-electron chi connectivity index (χ0n) is 22.7. The maximum Gasteiger partial charge on any atom is 0.272 e. The fraction of sp³-hybridized carbons (Fsp3) is 0.345. The van der Waals surface area contributed by atoms with Crippen molar-refractivity contribution in [1.82, 2.24) is 39.1 Å². The number of aryl methyl sites for hydroxylation is 1. The molecule has 3 N–H and O–H groups in total. The minimum atomic E-state index is -0.611. The van der Waals surface area contributed by atoms with Crippen LogP contribution in [-0.2, 0) is 11.8 Å². The number of hydrogen-bond donors (Lipinski definition) is 2. The SMILES string of the molecule is Cn1nccc1C(=O)N1C[C@H](O)C[C@H]1c1cccc(-c2cc(-c3ccnn3C3CCOCC3)c3c(N)ncnn23)c1. The number of ether oxygens (including phenoxy) is 1. The molecule has 0 aliphatic carbocycles. The molecule has 1 aromatic carbocycles. The van der Waals surface area contributed by atoms with E-state index in [0.29, 0.717) is 36.7 Å². The first kappa shape index (κ1) is 25.4. The van der Waals surface area contributed by atoms with E-state index in [-0.39, 0.29) is 24.5 Å². The Labute approximate surface area is 236 Å². The summed E-state index contributed by atoms with van der Waals surface area (Å²) in [6, 6.07) is 13.8. The Kier molecular flexibility index (Phi) is 6.28. The van der Waals surface area contributed by atoms with Gasteiger partial charge in [-0.25, -0.2) is 9.50 Å². The van der Waals surface area contributed by atoms with Crippen LogP contribution in [0.25, 0.3) is 28.0 Å². The van der Waals surface area contributed by atoms with E-state index in [1.54, 1.807) is 28.9 Å². The molecule has 2 atom stereocenters. The summed E-state index contributed by atoms with van der Waals surface area (Å²) in [4.78, 5) is 19.5. The zero-order chi connectivity index (χ0) is 28.1. The highest BCUT2D eigenvalue weighted by atomic mass is 16.5. The highest BCUT2D eigenvalue weighted by molar-refractivity contribution is 5.93. The first-order valence-corrected chi connectivity index (χ1v) is 13.8. The van der Waals surface area contributed by atoms with Gasteiger partial charge in [-0.15, -0.1) is 0 Å². The molecule has 41 heavy (non-hydrogen) atoms. The van der Waals surface area contributed by atoms with Crippen LogP contribution in [0.5, 0.6) is 0 Å². The number of β-amino-alcohol motifs (C(OH)–C–C–N with tert-alkyl or cyclic N) is 1. The Morgan fingerprint density at radius 1 is 1.05 bits per heavy atom. The van der Waals surface area contributed by atoms with Crippen LogP contribution in [0, 0.1) is 0 Å². The van der Waals surface area contributed by atoms with Crippen molar-refractivity contribution < 1.29 is 14.6 Å². The summed E-state index contributed by atoms with van der Waals surface area (Å²) in [5, 5.41) is 24.0. The van der Waals surface area contributed by atoms with Crippen molar-refractivity contribution in [2.45, 2.75) is 37.5 Å². The molecular formula is C29H31N9O3. The number of carbonyl (C=O) groups is 1. The van der Waals surface area contributed by atoms with Crippen molar-refractivity contribution in [2.24, 2.45) is 7.05 Å². The van der Waals surface area contributed by atoms with Crippen molar-refractivity contribution in [3.05, 3.63) is 72.4 Å².